The first kappa shape index (κ1) is 9.79. The largest absolute Gasteiger partial charge is 0.397 e. The summed E-state index contributed by atoms with van der Waals surface area (Å²) in [6.45, 7) is -0.190. The number of rotatable bonds is 4. The van der Waals surface area contributed by atoms with Gasteiger partial charge in [0.15, 0.2) is 0 Å². The van der Waals surface area contributed by atoms with Crippen LogP contribution in [0.5, 0.6) is 0 Å². The molecular formula is C3H10N2O4S. The zero-order chi connectivity index (χ0) is 8.20. The van der Waals surface area contributed by atoms with E-state index in [9.17, 15) is 8.42 Å². The lowest BCUT2D eigenvalue weighted by Crippen LogP contribution is -2.35. The Kier molecular flexibility index (Phi) is 3.76. The van der Waals surface area contributed by atoms with Gasteiger partial charge in [-0.1, -0.05) is 0 Å². The van der Waals surface area contributed by atoms with Crippen LogP contribution in [0.25, 0.3) is 0 Å². The van der Waals surface area contributed by atoms with Crippen LogP contribution in [0.15, 0.2) is 0 Å². The van der Waals surface area contributed by atoms with Crippen molar-refractivity contribution in [3.63, 3.8) is 0 Å². The molecule has 0 unspecified atom stereocenters. The molecule has 0 spiro atoms. The van der Waals surface area contributed by atoms with Gasteiger partial charge in [-0.2, -0.15) is 8.42 Å². The van der Waals surface area contributed by atoms with E-state index in [0.29, 0.717) is 0 Å². The molecule has 6 nitrogen and oxygen atoms in total. The molecule has 0 heterocycles. The molecule has 0 bridgehead atoms. The highest BCUT2D eigenvalue weighted by Crippen LogP contribution is 1.86. The SMILES string of the molecule is NC[C@H](N)COS(=O)(=O)O. The van der Waals surface area contributed by atoms with Crippen LogP contribution in [0.2, 0.25) is 0 Å². The van der Waals surface area contributed by atoms with Crippen molar-refractivity contribution in [1.82, 2.24) is 0 Å². The van der Waals surface area contributed by atoms with Crippen LogP contribution in [-0.4, -0.2) is 32.2 Å². The lowest BCUT2D eigenvalue weighted by molar-refractivity contribution is 0.252. The van der Waals surface area contributed by atoms with Gasteiger partial charge in [0.05, 0.1) is 6.61 Å². The summed E-state index contributed by atoms with van der Waals surface area (Å²) in [5.41, 5.74) is 10.2. The summed E-state index contributed by atoms with van der Waals surface area (Å²) in [6.07, 6.45) is 0. The van der Waals surface area contributed by atoms with Gasteiger partial charge in [-0.3, -0.25) is 4.55 Å². The predicted octanol–water partition coefficient (Wildman–Crippen LogP) is -1.91. The molecule has 0 aliphatic heterocycles. The predicted molar refractivity (Wildman–Crippen MR) is 34.5 cm³/mol. The van der Waals surface area contributed by atoms with E-state index in [1.807, 2.05) is 0 Å². The Bertz CT molecular complexity index is 177. The first-order chi connectivity index (χ1) is 4.45. The van der Waals surface area contributed by atoms with Crippen LogP contribution in [0.4, 0.5) is 0 Å². The van der Waals surface area contributed by atoms with Gasteiger partial charge in [0, 0.05) is 12.6 Å². The van der Waals surface area contributed by atoms with Crippen molar-refractivity contribution < 1.29 is 17.2 Å². The Morgan fingerprint density at radius 1 is 1.60 bits per heavy atom. The van der Waals surface area contributed by atoms with Gasteiger partial charge in [0.2, 0.25) is 0 Å². The minimum Gasteiger partial charge on any atom is -0.329 e. The molecule has 0 saturated heterocycles. The number of hydrogen-bond acceptors (Lipinski definition) is 5. The maximum absolute atomic E-state index is 9.89. The topological polar surface area (TPSA) is 116 Å². The molecule has 0 aromatic rings. The van der Waals surface area contributed by atoms with Crippen molar-refractivity contribution in [2.24, 2.45) is 11.5 Å². The van der Waals surface area contributed by atoms with Crippen molar-refractivity contribution in [2.45, 2.75) is 6.04 Å². The molecule has 0 aromatic carbocycles. The number of hydrogen-bond donors (Lipinski definition) is 3. The summed E-state index contributed by atoms with van der Waals surface area (Å²) in [6, 6.07) is -0.568. The highest BCUT2D eigenvalue weighted by Gasteiger charge is 2.07. The van der Waals surface area contributed by atoms with Gasteiger partial charge in [-0.15, -0.1) is 0 Å². The summed E-state index contributed by atoms with van der Waals surface area (Å²) in [7, 11) is -4.36. The molecule has 0 amide bonds. The first-order valence-electron chi connectivity index (χ1n) is 2.53. The molecule has 5 N–H and O–H groups in total. The van der Waals surface area contributed by atoms with E-state index in [-0.39, 0.29) is 13.2 Å². The zero-order valence-electron chi connectivity index (χ0n) is 5.23. The van der Waals surface area contributed by atoms with Crippen LogP contribution in [-0.2, 0) is 14.6 Å². The second-order valence-corrected chi connectivity index (χ2v) is 2.80. The molecule has 62 valence electrons. The van der Waals surface area contributed by atoms with Gasteiger partial charge in [-0.25, -0.2) is 4.18 Å². The molecule has 1 atom stereocenters. The summed E-state index contributed by atoms with van der Waals surface area (Å²) >= 11 is 0. The van der Waals surface area contributed by atoms with E-state index in [1.165, 1.54) is 0 Å². The highest BCUT2D eigenvalue weighted by atomic mass is 32.3. The van der Waals surface area contributed by atoms with E-state index < -0.39 is 16.4 Å². The van der Waals surface area contributed by atoms with Gasteiger partial charge >= 0.3 is 10.4 Å². The minimum absolute atomic E-state index is 0.107. The third-order valence-electron chi connectivity index (χ3n) is 0.734. The second-order valence-electron chi connectivity index (χ2n) is 1.71. The lowest BCUT2D eigenvalue weighted by Gasteiger charge is -2.05. The van der Waals surface area contributed by atoms with Gasteiger partial charge in [0.1, 0.15) is 0 Å². The molecule has 0 fully saturated rings. The average molecular weight is 170 g/mol. The Morgan fingerprint density at radius 2 is 2.10 bits per heavy atom. The maximum Gasteiger partial charge on any atom is 0.397 e. The van der Waals surface area contributed by atoms with Crippen molar-refractivity contribution in [3.05, 3.63) is 0 Å². The van der Waals surface area contributed by atoms with Crippen LogP contribution in [0, 0.1) is 0 Å². The van der Waals surface area contributed by atoms with Crippen molar-refractivity contribution in [3.8, 4) is 0 Å². The molecule has 0 aliphatic carbocycles. The Labute approximate surface area is 59.1 Å². The van der Waals surface area contributed by atoms with Crippen molar-refractivity contribution in [2.75, 3.05) is 13.2 Å². The Morgan fingerprint density at radius 3 is 2.40 bits per heavy atom. The van der Waals surface area contributed by atoms with Crippen LogP contribution in [0.1, 0.15) is 0 Å². The molecule has 0 aliphatic rings. The van der Waals surface area contributed by atoms with E-state index in [0.717, 1.165) is 0 Å². The number of nitrogens with two attached hydrogens (primary N) is 2. The highest BCUT2D eigenvalue weighted by molar-refractivity contribution is 7.80. The second kappa shape index (κ2) is 3.84. The summed E-state index contributed by atoms with van der Waals surface area (Å²) in [4.78, 5) is 0. The van der Waals surface area contributed by atoms with Crippen LogP contribution >= 0.6 is 0 Å². The fraction of sp³-hybridized carbons (Fsp3) is 1.00. The minimum atomic E-state index is -4.36. The van der Waals surface area contributed by atoms with Gasteiger partial charge in [0.25, 0.3) is 0 Å². The summed E-state index contributed by atoms with van der Waals surface area (Å²) < 4.78 is 31.7. The maximum atomic E-state index is 9.89. The monoisotopic (exact) mass is 170 g/mol. The fourth-order valence-electron chi connectivity index (χ4n) is 0.241. The van der Waals surface area contributed by atoms with Crippen molar-refractivity contribution in [1.29, 1.82) is 0 Å². The van der Waals surface area contributed by atoms with E-state index >= 15 is 0 Å². The zero-order valence-corrected chi connectivity index (χ0v) is 6.04. The normalized spacial score (nSPS) is 15.1. The lowest BCUT2D eigenvalue weighted by atomic mass is 10.3. The fourth-order valence-corrected chi connectivity index (χ4v) is 0.588. The standard InChI is InChI=1S/C3H10N2O4S/c4-1-3(5)2-9-10(6,7)8/h3H,1-2,4-5H2,(H,6,7,8)/t3-/m0/s1. The quantitative estimate of drug-likeness (QED) is 0.424. The van der Waals surface area contributed by atoms with Gasteiger partial charge in [-0.05, 0) is 0 Å². The van der Waals surface area contributed by atoms with Gasteiger partial charge < -0.3 is 11.5 Å². The Balaban J connectivity index is 3.56. The molecule has 10 heavy (non-hydrogen) atoms. The smallest absolute Gasteiger partial charge is 0.329 e. The molecular weight excluding hydrogens is 160 g/mol. The van der Waals surface area contributed by atoms with E-state index in [2.05, 4.69) is 4.18 Å². The van der Waals surface area contributed by atoms with E-state index in [4.69, 9.17) is 16.0 Å². The Hall–Kier alpha value is -0.210. The first-order valence-corrected chi connectivity index (χ1v) is 3.89. The molecule has 7 heteroatoms. The van der Waals surface area contributed by atoms with Crippen LogP contribution < -0.4 is 11.5 Å². The van der Waals surface area contributed by atoms with Crippen molar-refractivity contribution >= 4 is 10.4 Å². The molecule has 0 radical (unpaired) electrons. The molecule has 0 saturated carbocycles. The summed E-state index contributed by atoms with van der Waals surface area (Å²) in [5.74, 6) is 0. The summed E-state index contributed by atoms with van der Waals surface area (Å²) in [5, 5.41) is 0. The molecule has 0 aromatic heterocycles. The average Bonchev–Trinajstić information content (AvgIpc) is 1.81. The third kappa shape index (κ3) is 5.92. The van der Waals surface area contributed by atoms with E-state index in [1.54, 1.807) is 0 Å². The molecule has 0 rings (SSSR count). The van der Waals surface area contributed by atoms with Crippen LogP contribution in [0.3, 0.4) is 0 Å². The third-order valence-corrected chi connectivity index (χ3v) is 1.17.